The van der Waals surface area contributed by atoms with Gasteiger partial charge in [-0.05, 0) is 19.4 Å². The van der Waals surface area contributed by atoms with Crippen LogP contribution in [-0.2, 0) is 11.2 Å². The molecule has 0 aliphatic rings. The summed E-state index contributed by atoms with van der Waals surface area (Å²) in [6.45, 7) is 4.08. The monoisotopic (exact) mass is 313 g/mol. The van der Waals surface area contributed by atoms with Crippen LogP contribution in [0.1, 0.15) is 25.8 Å². The molecule has 0 bridgehead atoms. The van der Waals surface area contributed by atoms with E-state index in [0.717, 1.165) is 17.7 Å². The van der Waals surface area contributed by atoms with E-state index in [1.807, 2.05) is 31.2 Å². The van der Waals surface area contributed by atoms with Crippen LogP contribution in [-0.4, -0.2) is 23.9 Å². The maximum atomic E-state index is 11.9. The number of hydrogen-bond acceptors (Lipinski definition) is 2. The first-order valence-corrected chi connectivity index (χ1v) is 6.99. The van der Waals surface area contributed by atoms with E-state index in [9.17, 15) is 4.79 Å². The average Bonchev–Trinajstić information content (AvgIpc) is 2.28. The molecule has 0 aromatic heterocycles. The summed E-state index contributed by atoms with van der Waals surface area (Å²) >= 11 is 3.48. The van der Waals surface area contributed by atoms with Crippen molar-refractivity contribution in [3.63, 3.8) is 0 Å². The van der Waals surface area contributed by atoms with Gasteiger partial charge in [-0.15, -0.1) is 0 Å². The number of methoxy groups -OCH3 is 1. The van der Waals surface area contributed by atoms with E-state index in [1.54, 1.807) is 7.11 Å². The number of halogens is 1. The lowest BCUT2D eigenvalue weighted by molar-refractivity contribution is -0.121. The Labute approximate surface area is 117 Å². The molecule has 4 heteroatoms. The van der Waals surface area contributed by atoms with Crippen LogP contribution in [0.15, 0.2) is 24.3 Å². The van der Waals surface area contributed by atoms with Gasteiger partial charge in [0.1, 0.15) is 5.75 Å². The summed E-state index contributed by atoms with van der Waals surface area (Å²) in [5.41, 5.74) is 0.914. The maximum Gasteiger partial charge on any atom is 0.224 e. The number of benzene rings is 1. The molecule has 0 spiro atoms. The summed E-state index contributed by atoms with van der Waals surface area (Å²) < 4.78 is 5.23. The standard InChI is InChI=1S/C14H20BrNO2/c1-10(15)8-11(2)16-14(17)9-12-6-4-5-7-13(12)18-3/h4-7,10-11H,8-9H2,1-3H3,(H,16,17). The topological polar surface area (TPSA) is 38.3 Å². The highest BCUT2D eigenvalue weighted by Gasteiger charge is 2.12. The highest BCUT2D eigenvalue weighted by molar-refractivity contribution is 9.09. The van der Waals surface area contributed by atoms with Gasteiger partial charge in [0.15, 0.2) is 0 Å². The van der Waals surface area contributed by atoms with Gasteiger partial charge >= 0.3 is 0 Å². The summed E-state index contributed by atoms with van der Waals surface area (Å²) in [5.74, 6) is 0.786. The fourth-order valence-corrected chi connectivity index (χ4v) is 2.45. The lowest BCUT2D eigenvalue weighted by Gasteiger charge is -2.15. The molecule has 1 rings (SSSR count). The van der Waals surface area contributed by atoms with Crippen LogP contribution in [0.25, 0.3) is 0 Å². The van der Waals surface area contributed by atoms with Crippen molar-refractivity contribution in [2.75, 3.05) is 7.11 Å². The fourth-order valence-electron chi connectivity index (χ4n) is 1.89. The number of amides is 1. The van der Waals surface area contributed by atoms with Gasteiger partial charge in [-0.25, -0.2) is 0 Å². The molecule has 0 fully saturated rings. The van der Waals surface area contributed by atoms with E-state index >= 15 is 0 Å². The van der Waals surface area contributed by atoms with Crippen LogP contribution < -0.4 is 10.1 Å². The molecule has 0 saturated carbocycles. The van der Waals surface area contributed by atoms with Gasteiger partial charge in [-0.3, -0.25) is 4.79 Å². The molecule has 0 radical (unpaired) electrons. The summed E-state index contributed by atoms with van der Waals surface area (Å²) in [5, 5.41) is 2.99. The Balaban J connectivity index is 2.54. The largest absolute Gasteiger partial charge is 0.496 e. The fraction of sp³-hybridized carbons (Fsp3) is 0.500. The van der Waals surface area contributed by atoms with Gasteiger partial charge in [0.2, 0.25) is 5.91 Å². The molecule has 2 atom stereocenters. The molecular weight excluding hydrogens is 294 g/mol. The van der Waals surface area contributed by atoms with Crippen LogP contribution in [0.3, 0.4) is 0 Å². The number of nitrogens with one attached hydrogen (secondary N) is 1. The van der Waals surface area contributed by atoms with Gasteiger partial charge in [0.25, 0.3) is 0 Å². The van der Waals surface area contributed by atoms with E-state index in [1.165, 1.54) is 0 Å². The van der Waals surface area contributed by atoms with Crippen molar-refractivity contribution in [3.05, 3.63) is 29.8 Å². The SMILES string of the molecule is COc1ccccc1CC(=O)NC(C)CC(C)Br. The molecule has 2 unspecified atom stereocenters. The zero-order valence-corrected chi connectivity index (χ0v) is 12.7. The molecule has 1 aromatic rings. The first kappa shape index (κ1) is 15.0. The number of carbonyl (C=O) groups excluding carboxylic acids is 1. The maximum absolute atomic E-state index is 11.9. The Morgan fingerprint density at radius 3 is 2.67 bits per heavy atom. The molecule has 1 N–H and O–H groups in total. The van der Waals surface area contributed by atoms with Crippen molar-refractivity contribution in [1.29, 1.82) is 0 Å². The normalized spacial score (nSPS) is 13.8. The third-order valence-electron chi connectivity index (χ3n) is 2.63. The molecule has 3 nitrogen and oxygen atoms in total. The Morgan fingerprint density at radius 1 is 1.39 bits per heavy atom. The van der Waals surface area contributed by atoms with E-state index in [4.69, 9.17) is 4.74 Å². The second-order valence-electron chi connectivity index (χ2n) is 4.47. The predicted octanol–water partition coefficient (Wildman–Crippen LogP) is 2.92. The molecule has 0 saturated heterocycles. The molecule has 18 heavy (non-hydrogen) atoms. The van der Waals surface area contributed by atoms with Crippen molar-refractivity contribution in [2.24, 2.45) is 0 Å². The molecule has 100 valence electrons. The molecule has 1 aromatic carbocycles. The van der Waals surface area contributed by atoms with Crippen LogP contribution in [0.2, 0.25) is 0 Å². The number of para-hydroxylation sites is 1. The first-order chi connectivity index (χ1) is 8.52. The van der Waals surface area contributed by atoms with Crippen molar-refractivity contribution in [2.45, 2.75) is 37.6 Å². The minimum absolute atomic E-state index is 0.0279. The van der Waals surface area contributed by atoms with Crippen molar-refractivity contribution in [1.82, 2.24) is 5.32 Å². The molecule has 0 heterocycles. The summed E-state index contributed by atoms with van der Waals surface area (Å²) in [7, 11) is 1.62. The average molecular weight is 314 g/mol. The van der Waals surface area contributed by atoms with E-state index < -0.39 is 0 Å². The van der Waals surface area contributed by atoms with Crippen LogP contribution in [0.4, 0.5) is 0 Å². The Hall–Kier alpha value is -1.03. The summed E-state index contributed by atoms with van der Waals surface area (Å²) in [6.07, 6.45) is 1.27. The van der Waals surface area contributed by atoms with Crippen LogP contribution in [0.5, 0.6) is 5.75 Å². The summed E-state index contributed by atoms with van der Waals surface area (Å²) in [6, 6.07) is 7.76. The molecule has 0 aliphatic carbocycles. The van der Waals surface area contributed by atoms with Gasteiger partial charge in [0, 0.05) is 16.4 Å². The van der Waals surface area contributed by atoms with Crippen molar-refractivity contribution < 1.29 is 9.53 Å². The minimum atomic E-state index is 0.0279. The van der Waals surface area contributed by atoms with E-state index in [2.05, 4.69) is 28.2 Å². The number of rotatable bonds is 6. The van der Waals surface area contributed by atoms with E-state index in [-0.39, 0.29) is 11.9 Å². The quantitative estimate of drug-likeness (QED) is 0.820. The van der Waals surface area contributed by atoms with Gasteiger partial charge in [0.05, 0.1) is 13.5 Å². The third kappa shape index (κ3) is 5.08. The highest BCUT2D eigenvalue weighted by Crippen LogP contribution is 2.17. The highest BCUT2D eigenvalue weighted by atomic mass is 79.9. The van der Waals surface area contributed by atoms with Crippen molar-refractivity contribution >= 4 is 21.8 Å². The molecule has 1 amide bonds. The van der Waals surface area contributed by atoms with Gasteiger partial charge in [-0.1, -0.05) is 41.1 Å². The lowest BCUT2D eigenvalue weighted by Crippen LogP contribution is -2.34. The number of hydrogen-bond donors (Lipinski definition) is 1. The Kier molecular flexibility index (Phi) is 6.19. The Morgan fingerprint density at radius 2 is 2.06 bits per heavy atom. The predicted molar refractivity (Wildman–Crippen MR) is 77.3 cm³/mol. The molecular formula is C14H20BrNO2. The Bertz CT molecular complexity index is 393. The summed E-state index contributed by atoms with van der Waals surface area (Å²) in [4.78, 5) is 12.3. The van der Waals surface area contributed by atoms with E-state index in [0.29, 0.717) is 11.2 Å². The lowest BCUT2D eigenvalue weighted by atomic mass is 10.1. The van der Waals surface area contributed by atoms with Gasteiger partial charge < -0.3 is 10.1 Å². The third-order valence-corrected chi connectivity index (χ3v) is 3.00. The molecule has 0 aliphatic heterocycles. The smallest absolute Gasteiger partial charge is 0.224 e. The zero-order valence-electron chi connectivity index (χ0n) is 11.1. The van der Waals surface area contributed by atoms with Crippen LogP contribution >= 0.6 is 15.9 Å². The van der Waals surface area contributed by atoms with Gasteiger partial charge in [-0.2, -0.15) is 0 Å². The minimum Gasteiger partial charge on any atom is -0.496 e. The number of alkyl halides is 1. The first-order valence-electron chi connectivity index (χ1n) is 6.08. The zero-order chi connectivity index (χ0) is 13.5. The number of ether oxygens (including phenoxy) is 1. The van der Waals surface area contributed by atoms with Crippen molar-refractivity contribution in [3.8, 4) is 5.75 Å². The number of carbonyl (C=O) groups is 1. The second-order valence-corrected chi connectivity index (χ2v) is 6.04. The van der Waals surface area contributed by atoms with Crippen LogP contribution in [0, 0.1) is 0 Å². The second kappa shape index (κ2) is 7.41.